The molecule has 0 aliphatic carbocycles. The topological polar surface area (TPSA) is 91.1 Å². The van der Waals surface area contributed by atoms with Crippen molar-refractivity contribution in [1.29, 1.82) is 0 Å². The molecular formula is C28H26N2O6. The maximum absolute atomic E-state index is 14.0. The molecule has 1 aliphatic heterocycles. The first-order valence-corrected chi connectivity index (χ1v) is 11.5. The lowest BCUT2D eigenvalue weighted by atomic mass is 9.96. The van der Waals surface area contributed by atoms with Crippen molar-refractivity contribution < 1.29 is 23.4 Å². The third-order valence-corrected chi connectivity index (χ3v) is 6.49. The number of fused-ring (bicyclic) bond motifs is 2. The summed E-state index contributed by atoms with van der Waals surface area (Å²) in [7, 11) is 4.57. The van der Waals surface area contributed by atoms with Crippen molar-refractivity contribution in [3.63, 3.8) is 0 Å². The summed E-state index contributed by atoms with van der Waals surface area (Å²) in [6.07, 6.45) is 3.37. The molecule has 36 heavy (non-hydrogen) atoms. The fraction of sp³-hybridized carbons (Fsp3) is 0.250. The molecule has 2 aromatic carbocycles. The van der Waals surface area contributed by atoms with E-state index in [2.05, 4.69) is 4.98 Å². The number of rotatable bonds is 6. The molecule has 4 aromatic rings. The second-order valence-electron chi connectivity index (χ2n) is 8.78. The molecule has 3 heterocycles. The fourth-order valence-corrected chi connectivity index (χ4v) is 4.97. The average molecular weight is 487 g/mol. The van der Waals surface area contributed by atoms with E-state index in [1.54, 1.807) is 41.6 Å². The normalized spacial score (nSPS) is 14.8. The number of amides is 1. The van der Waals surface area contributed by atoms with E-state index in [1.165, 1.54) is 21.3 Å². The summed E-state index contributed by atoms with van der Waals surface area (Å²) in [4.78, 5) is 33.5. The predicted octanol–water partition coefficient (Wildman–Crippen LogP) is 4.58. The highest BCUT2D eigenvalue weighted by Crippen LogP contribution is 2.45. The number of aryl methyl sites for hydroxylation is 2. The molecule has 0 fully saturated rings. The van der Waals surface area contributed by atoms with E-state index in [4.69, 9.17) is 18.6 Å². The molecular weight excluding hydrogens is 460 g/mol. The summed E-state index contributed by atoms with van der Waals surface area (Å²) in [6.45, 7) is 4.03. The SMILES string of the molecule is COc1cc(C2c3c(oc4cc(C)cc(C)c4c3=O)C(=O)N2Cc2cccnc2)cc(OC)c1OC. The zero-order valence-corrected chi connectivity index (χ0v) is 20.7. The van der Waals surface area contributed by atoms with Crippen molar-refractivity contribution in [2.24, 2.45) is 0 Å². The summed E-state index contributed by atoms with van der Waals surface area (Å²) in [6, 6.07) is 10.2. The first-order chi connectivity index (χ1) is 17.4. The zero-order chi connectivity index (χ0) is 25.6. The van der Waals surface area contributed by atoms with Crippen LogP contribution in [0, 0.1) is 13.8 Å². The molecule has 0 bridgehead atoms. The van der Waals surface area contributed by atoms with Gasteiger partial charge in [0.2, 0.25) is 11.5 Å². The second-order valence-corrected chi connectivity index (χ2v) is 8.78. The van der Waals surface area contributed by atoms with Crippen LogP contribution in [0.4, 0.5) is 0 Å². The molecule has 1 aliphatic rings. The highest BCUT2D eigenvalue weighted by atomic mass is 16.5. The third-order valence-electron chi connectivity index (χ3n) is 6.49. The summed E-state index contributed by atoms with van der Waals surface area (Å²) in [5, 5.41) is 0.466. The highest BCUT2D eigenvalue weighted by molar-refractivity contribution is 5.99. The number of pyridine rings is 1. The van der Waals surface area contributed by atoms with Gasteiger partial charge in [-0.05, 0) is 60.4 Å². The molecule has 0 saturated heterocycles. The van der Waals surface area contributed by atoms with E-state index < -0.39 is 6.04 Å². The Morgan fingerprint density at radius 2 is 1.72 bits per heavy atom. The molecule has 184 valence electrons. The molecule has 0 spiro atoms. The van der Waals surface area contributed by atoms with E-state index in [9.17, 15) is 9.59 Å². The molecule has 8 heteroatoms. The Hall–Kier alpha value is -4.33. The van der Waals surface area contributed by atoms with Gasteiger partial charge in [0.25, 0.3) is 5.91 Å². The van der Waals surface area contributed by atoms with Crippen LogP contribution in [0.5, 0.6) is 17.2 Å². The number of carbonyl (C=O) groups is 1. The predicted molar refractivity (Wildman–Crippen MR) is 134 cm³/mol. The van der Waals surface area contributed by atoms with Gasteiger partial charge in [0.15, 0.2) is 16.9 Å². The minimum absolute atomic E-state index is 0.0418. The first-order valence-electron chi connectivity index (χ1n) is 11.5. The molecule has 0 radical (unpaired) electrons. The summed E-state index contributed by atoms with van der Waals surface area (Å²) in [5.74, 6) is 0.937. The van der Waals surface area contributed by atoms with Gasteiger partial charge in [-0.2, -0.15) is 0 Å². The van der Waals surface area contributed by atoms with Crippen LogP contribution < -0.4 is 19.6 Å². The number of hydrogen-bond acceptors (Lipinski definition) is 7. The van der Waals surface area contributed by atoms with Crippen LogP contribution >= 0.6 is 0 Å². The van der Waals surface area contributed by atoms with Crippen LogP contribution in [0.3, 0.4) is 0 Å². The van der Waals surface area contributed by atoms with Crippen molar-refractivity contribution in [2.75, 3.05) is 21.3 Å². The number of aromatic nitrogens is 1. The Labute approximate surface area is 208 Å². The minimum atomic E-state index is -0.734. The maximum atomic E-state index is 14.0. The molecule has 8 nitrogen and oxygen atoms in total. The van der Waals surface area contributed by atoms with E-state index in [-0.39, 0.29) is 29.2 Å². The first kappa shape index (κ1) is 23.4. The van der Waals surface area contributed by atoms with Gasteiger partial charge in [0.1, 0.15) is 5.58 Å². The molecule has 5 rings (SSSR count). The second kappa shape index (κ2) is 9.03. The van der Waals surface area contributed by atoms with Gasteiger partial charge in [-0.25, -0.2) is 0 Å². The monoisotopic (exact) mass is 486 g/mol. The van der Waals surface area contributed by atoms with Crippen LogP contribution in [0.1, 0.15) is 44.4 Å². The van der Waals surface area contributed by atoms with Crippen molar-refractivity contribution in [3.05, 3.63) is 92.6 Å². The summed E-state index contributed by atoms with van der Waals surface area (Å²) >= 11 is 0. The Morgan fingerprint density at radius 3 is 2.33 bits per heavy atom. The number of carbonyl (C=O) groups excluding carboxylic acids is 1. The smallest absolute Gasteiger partial charge is 0.291 e. The molecule has 1 unspecified atom stereocenters. The summed E-state index contributed by atoms with van der Waals surface area (Å²) in [5.41, 5.74) is 3.65. The zero-order valence-electron chi connectivity index (χ0n) is 20.7. The Bertz CT molecular complexity index is 1520. The van der Waals surface area contributed by atoms with Gasteiger partial charge < -0.3 is 23.5 Å². The largest absolute Gasteiger partial charge is 0.493 e. The van der Waals surface area contributed by atoms with Crippen LogP contribution in [-0.4, -0.2) is 37.1 Å². The average Bonchev–Trinajstić information content (AvgIpc) is 3.14. The lowest BCUT2D eigenvalue weighted by Gasteiger charge is -2.26. The Morgan fingerprint density at radius 1 is 1.00 bits per heavy atom. The molecule has 1 atom stereocenters. The van der Waals surface area contributed by atoms with Crippen LogP contribution in [0.2, 0.25) is 0 Å². The molecule has 1 amide bonds. The van der Waals surface area contributed by atoms with Crippen molar-refractivity contribution in [1.82, 2.24) is 9.88 Å². The van der Waals surface area contributed by atoms with Gasteiger partial charge in [-0.1, -0.05) is 12.1 Å². The van der Waals surface area contributed by atoms with Gasteiger partial charge >= 0.3 is 0 Å². The lowest BCUT2D eigenvalue weighted by molar-refractivity contribution is 0.0713. The third kappa shape index (κ3) is 3.66. The van der Waals surface area contributed by atoms with E-state index in [0.717, 1.165) is 16.7 Å². The quantitative estimate of drug-likeness (QED) is 0.394. The lowest BCUT2D eigenvalue weighted by Crippen LogP contribution is -2.29. The minimum Gasteiger partial charge on any atom is -0.493 e. The summed E-state index contributed by atoms with van der Waals surface area (Å²) < 4.78 is 22.7. The van der Waals surface area contributed by atoms with Crippen LogP contribution in [-0.2, 0) is 6.54 Å². The van der Waals surface area contributed by atoms with Gasteiger partial charge in [-0.3, -0.25) is 14.6 Å². The highest BCUT2D eigenvalue weighted by Gasteiger charge is 2.43. The molecule has 2 aromatic heterocycles. The number of methoxy groups -OCH3 is 3. The van der Waals surface area contributed by atoms with Crippen molar-refractivity contribution in [3.8, 4) is 17.2 Å². The molecule has 0 N–H and O–H groups in total. The number of ether oxygens (including phenoxy) is 3. The Kier molecular flexibility index (Phi) is 5.88. The van der Waals surface area contributed by atoms with E-state index in [0.29, 0.717) is 33.8 Å². The van der Waals surface area contributed by atoms with Crippen LogP contribution in [0.15, 0.2) is 58.0 Å². The standard InChI is InChI=1S/C28H26N2O6/c1-15-9-16(2)22-19(10-15)36-27-23(25(22)31)24(30(28(27)32)14-17-7-6-8-29-13-17)18-11-20(33-3)26(35-5)21(12-18)34-4/h6-13,24H,14H2,1-5H3. The van der Waals surface area contributed by atoms with E-state index >= 15 is 0 Å². The van der Waals surface area contributed by atoms with Crippen molar-refractivity contribution in [2.45, 2.75) is 26.4 Å². The number of nitrogens with zero attached hydrogens (tertiary/aromatic N) is 2. The van der Waals surface area contributed by atoms with Crippen LogP contribution in [0.25, 0.3) is 11.0 Å². The van der Waals surface area contributed by atoms with Crippen molar-refractivity contribution >= 4 is 16.9 Å². The molecule has 0 saturated carbocycles. The maximum Gasteiger partial charge on any atom is 0.291 e. The van der Waals surface area contributed by atoms with Gasteiger partial charge in [-0.15, -0.1) is 0 Å². The van der Waals surface area contributed by atoms with Gasteiger partial charge in [0.05, 0.1) is 38.3 Å². The van der Waals surface area contributed by atoms with Gasteiger partial charge in [0, 0.05) is 18.9 Å². The number of benzene rings is 2. The number of hydrogen-bond donors (Lipinski definition) is 0. The Balaban J connectivity index is 1.80. The fourth-order valence-electron chi connectivity index (χ4n) is 4.97. The van der Waals surface area contributed by atoms with E-state index in [1.807, 2.05) is 26.0 Å².